The Morgan fingerprint density at radius 3 is 2.47 bits per heavy atom. The summed E-state index contributed by atoms with van der Waals surface area (Å²) in [5.41, 5.74) is 6.52. The van der Waals surface area contributed by atoms with Crippen LogP contribution in [0.1, 0.15) is 43.0 Å². The summed E-state index contributed by atoms with van der Waals surface area (Å²) in [6, 6.07) is 5.62. The average Bonchev–Trinajstić information content (AvgIpc) is 2.41. The molecule has 0 atom stereocenters. The Bertz CT molecular complexity index is 451. The molecule has 0 spiro atoms. The van der Waals surface area contributed by atoms with Crippen molar-refractivity contribution in [2.75, 3.05) is 7.11 Å². The summed E-state index contributed by atoms with van der Waals surface area (Å²) in [5.74, 6) is 1.34. The molecule has 1 aromatic carbocycles. The van der Waals surface area contributed by atoms with Crippen molar-refractivity contribution in [3.63, 3.8) is 0 Å². The molecule has 0 amide bonds. The Labute approximate surface area is 113 Å². The maximum Gasteiger partial charge on any atom is 0.161 e. The Kier molecular flexibility index (Phi) is 4.43. The minimum Gasteiger partial charge on any atom is -0.493 e. The largest absolute Gasteiger partial charge is 0.493 e. The van der Waals surface area contributed by atoms with Gasteiger partial charge in [0.1, 0.15) is 0 Å². The second-order valence-corrected chi connectivity index (χ2v) is 5.08. The first kappa shape index (κ1) is 13.9. The van der Waals surface area contributed by atoms with Gasteiger partial charge in [-0.15, -0.1) is 0 Å². The monoisotopic (exact) mass is 263 g/mol. The van der Waals surface area contributed by atoms with Crippen LogP contribution in [0.25, 0.3) is 0 Å². The summed E-state index contributed by atoms with van der Waals surface area (Å²) in [6.07, 6.45) is 4.13. The molecule has 2 rings (SSSR count). The van der Waals surface area contributed by atoms with E-state index in [1.807, 2.05) is 6.07 Å². The number of nitrogens with two attached hydrogens (primary N) is 1. The molecule has 4 nitrogen and oxygen atoms in total. The van der Waals surface area contributed by atoms with E-state index in [9.17, 15) is 4.79 Å². The maximum absolute atomic E-state index is 11.3. The van der Waals surface area contributed by atoms with Crippen LogP contribution in [0.15, 0.2) is 18.2 Å². The molecule has 4 heteroatoms. The van der Waals surface area contributed by atoms with Gasteiger partial charge in [0, 0.05) is 11.6 Å². The van der Waals surface area contributed by atoms with E-state index in [0.29, 0.717) is 23.1 Å². The molecular weight excluding hydrogens is 242 g/mol. The number of Topliss-reactive ketones (excluding diaryl/α,β-unsaturated/α-hetero) is 1. The van der Waals surface area contributed by atoms with Gasteiger partial charge in [0.05, 0.1) is 13.2 Å². The molecule has 1 saturated carbocycles. The lowest BCUT2D eigenvalue weighted by Crippen LogP contribution is -2.31. The van der Waals surface area contributed by atoms with Crippen LogP contribution >= 0.6 is 0 Å². The first-order valence-corrected chi connectivity index (χ1v) is 6.71. The summed E-state index contributed by atoms with van der Waals surface area (Å²) in [7, 11) is 1.59. The third-order valence-corrected chi connectivity index (χ3v) is 3.58. The lowest BCUT2D eigenvalue weighted by Gasteiger charge is -2.27. The maximum atomic E-state index is 11.3. The number of hydrogen-bond donors (Lipinski definition) is 1. The van der Waals surface area contributed by atoms with Crippen molar-refractivity contribution in [3.05, 3.63) is 23.8 Å². The molecule has 0 saturated heterocycles. The molecular formula is C15H21NO3. The fourth-order valence-corrected chi connectivity index (χ4v) is 2.37. The molecule has 2 N–H and O–H groups in total. The van der Waals surface area contributed by atoms with Gasteiger partial charge in [-0.3, -0.25) is 4.79 Å². The second-order valence-electron chi connectivity index (χ2n) is 5.08. The summed E-state index contributed by atoms with van der Waals surface area (Å²) >= 11 is 0. The zero-order valence-corrected chi connectivity index (χ0v) is 11.5. The lowest BCUT2D eigenvalue weighted by molar-refractivity contribution is 0.101. The summed E-state index contributed by atoms with van der Waals surface area (Å²) in [4.78, 5) is 11.3. The first-order chi connectivity index (χ1) is 9.10. The zero-order valence-electron chi connectivity index (χ0n) is 11.5. The second kappa shape index (κ2) is 6.06. The van der Waals surface area contributed by atoms with E-state index in [-0.39, 0.29) is 11.9 Å². The van der Waals surface area contributed by atoms with Crippen LogP contribution in [-0.2, 0) is 0 Å². The number of hydrogen-bond acceptors (Lipinski definition) is 4. The highest BCUT2D eigenvalue weighted by Crippen LogP contribution is 2.31. The Balaban J connectivity index is 2.09. The predicted octanol–water partition coefficient (Wildman–Crippen LogP) is 2.55. The van der Waals surface area contributed by atoms with Crippen LogP contribution in [0.3, 0.4) is 0 Å². The topological polar surface area (TPSA) is 61.5 Å². The highest BCUT2D eigenvalue weighted by Gasteiger charge is 2.21. The molecule has 19 heavy (non-hydrogen) atoms. The van der Waals surface area contributed by atoms with Crippen LogP contribution in [0.5, 0.6) is 11.5 Å². The minimum absolute atomic E-state index is 0.0217. The zero-order chi connectivity index (χ0) is 13.8. The van der Waals surface area contributed by atoms with Crippen LogP contribution in [-0.4, -0.2) is 25.0 Å². The average molecular weight is 263 g/mol. The Morgan fingerprint density at radius 1 is 1.21 bits per heavy atom. The quantitative estimate of drug-likeness (QED) is 0.848. The highest BCUT2D eigenvalue weighted by atomic mass is 16.5. The fourth-order valence-electron chi connectivity index (χ4n) is 2.37. The van der Waals surface area contributed by atoms with Gasteiger partial charge in [0.25, 0.3) is 0 Å². The van der Waals surface area contributed by atoms with E-state index in [0.717, 1.165) is 25.7 Å². The van der Waals surface area contributed by atoms with E-state index < -0.39 is 0 Å². The van der Waals surface area contributed by atoms with Crippen molar-refractivity contribution in [1.82, 2.24) is 0 Å². The van der Waals surface area contributed by atoms with Gasteiger partial charge in [-0.1, -0.05) is 0 Å². The molecule has 104 valence electrons. The number of carbonyl (C=O) groups is 1. The molecule has 0 heterocycles. The van der Waals surface area contributed by atoms with Gasteiger partial charge in [0.15, 0.2) is 17.3 Å². The van der Waals surface area contributed by atoms with E-state index in [2.05, 4.69) is 0 Å². The van der Waals surface area contributed by atoms with Gasteiger partial charge in [-0.05, 0) is 50.8 Å². The normalized spacial score (nSPS) is 22.9. The Hall–Kier alpha value is -1.55. The van der Waals surface area contributed by atoms with Crippen molar-refractivity contribution in [2.45, 2.75) is 44.8 Å². The van der Waals surface area contributed by atoms with Crippen molar-refractivity contribution in [3.8, 4) is 11.5 Å². The number of ketones is 1. The van der Waals surface area contributed by atoms with Crippen molar-refractivity contribution in [2.24, 2.45) is 5.73 Å². The molecule has 0 aliphatic heterocycles. The Morgan fingerprint density at radius 2 is 1.89 bits per heavy atom. The summed E-state index contributed by atoms with van der Waals surface area (Å²) in [6.45, 7) is 1.54. The van der Waals surface area contributed by atoms with E-state index in [4.69, 9.17) is 15.2 Å². The molecule has 0 radical (unpaired) electrons. The number of rotatable bonds is 4. The number of methoxy groups -OCH3 is 1. The van der Waals surface area contributed by atoms with Gasteiger partial charge in [0.2, 0.25) is 0 Å². The first-order valence-electron chi connectivity index (χ1n) is 6.71. The summed E-state index contributed by atoms with van der Waals surface area (Å²) in [5, 5.41) is 0. The third kappa shape index (κ3) is 3.47. The van der Waals surface area contributed by atoms with Crippen molar-refractivity contribution >= 4 is 5.78 Å². The van der Waals surface area contributed by atoms with Gasteiger partial charge in [-0.25, -0.2) is 0 Å². The number of benzene rings is 1. The highest BCUT2D eigenvalue weighted by molar-refractivity contribution is 5.94. The van der Waals surface area contributed by atoms with Crippen molar-refractivity contribution in [1.29, 1.82) is 0 Å². The molecule has 0 aromatic heterocycles. The van der Waals surface area contributed by atoms with Crippen LogP contribution in [0.2, 0.25) is 0 Å². The van der Waals surface area contributed by atoms with Crippen LogP contribution in [0.4, 0.5) is 0 Å². The molecule has 1 aromatic rings. The third-order valence-electron chi connectivity index (χ3n) is 3.58. The van der Waals surface area contributed by atoms with Gasteiger partial charge >= 0.3 is 0 Å². The van der Waals surface area contributed by atoms with E-state index >= 15 is 0 Å². The molecule has 1 aliphatic carbocycles. The van der Waals surface area contributed by atoms with Crippen LogP contribution in [0, 0.1) is 0 Å². The van der Waals surface area contributed by atoms with Crippen molar-refractivity contribution < 1.29 is 14.3 Å². The fraction of sp³-hybridized carbons (Fsp3) is 0.533. The van der Waals surface area contributed by atoms with Gasteiger partial charge in [-0.2, -0.15) is 0 Å². The summed E-state index contributed by atoms with van der Waals surface area (Å²) < 4.78 is 11.3. The SMILES string of the molecule is COc1cc(C(C)=O)ccc1OC1CCC(N)CC1. The van der Waals surface area contributed by atoms with E-state index in [1.165, 1.54) is 6.92 Å². The standard InChI is InChI=1S/C15H21NO3/c1-10(17)11-3-8-14(15(9-11)18-2)19-13-6-4-12(16)5-7-13/h3,8-9,12-13H,4-7,16H2,1-2H3. The van der Waals surface area contributed by atoms with Crippen LogP contribution < -0.4 is 15.2 Å². The number of ether oxygens (including phenoxy) is 2. The molecule has 1 fully saturated rings. The molecule has 1 aliphatic rings. The van der Waals surface area contributed by atoms with Gasteiger partial charge < -0.3 is 15.2 Å². The number of carbonyl (C=O) groups excluding carboxylic acids is 1. The smallest absolute Gasteiger partial charge is 0.161 e. The molecule has 0 bridgehead atoms. The predicted molar refractivity (Wildman–Crippen MR) is 73.9 cm³/mol. The minimum atomic E-state index is 0.0217. The lowest BCUT2D eigenvalue weighted by atomic mass is 9.94. The van der Waals surface area contributed by atoms with E-state index in [1.54, 1.807) is 19.2 Å². The molecule has 0 unspecified atom stereocenters.